The van der Waals surface area contributed by atoms with Gasteiger partial charge in [-0.05, 0) is 43.2 Å². The predicted octanol–water partition coefficient (Wildman–Crippen LogP) is 4.96. The molecule has 0 saturated carbocycles. The van der Waals surface area contributed by atoms with Gasteiger partial charge in [0.25, 0.3) is 0 Å². The number of rotatable bonds is 4. The van der Waals surface area contributed by atoms with Crippen molar-refractivity contribution in [1.82, 2.24) is 9.29 Å². The zero-order chi connectivity index (χ0) is 23.1. The average Bonchev–Trinajstić information content (AvgIpc) is 3.23. The summed E-state index contributed by atoms with van der Waals surface area (Å²) in [5.41, 5.74) is 3.29. The first-order chi connectivity index (χ1) is 15.1. The second-order valence-corrected chi connectivity index (χ2v) is 10.5. The third-order valence-electron chi connectivity index (χ3n) is 5.54. The SMILES string of the molecule is Cc1cccc(C)c1-c1csc(N2CCN(S(=O)(=O)c3cccc(C(F)(F)F)c3)CC2)n1. The van der Waals surface area contributed by atoms with Crippen molar-refractivity contribution in [2.75, 3.05) is 31.1 Å². The lowest BCUT2D eigenvalue weighted by molar-refractivity contribution is -0.137. The summed E-state index contributed by atoms with van der Waals surface area (Å²) in [5, 5.41) is 2.80. The topological polar surface area (TPSA) is 53.5 Å². The van der Waals surface area contributed by atoms with E-state index in [0.717, 1.165) is 39.6 Å². The summed E-state index contributed by atoms with van der Waals surface area (Å²) in [7, 11) is -4.01. The number of halogens is 3. The van der Waals surface area contributed by atoms with Crippen LogP contribution in [0.1, 0.15) is 16.7 Å². The average molecular weight is 482 g/mol. The first-order valence-corrected chi connectivity index (χ1v) is 12.3. The Morgan fingerprint density at radius 3 is 2.22 bits per heavy atom. The quantitative estimate of drug-likeness (QED) is 0.529. The van der Waals surface area contributed by atoms with E-state index in [9.17, 15) is 21.6 Å². The van der Waals surface area contributed by atoms with E-state index in [-0.39, 0.29) is 18.0 Å². The van der Waals surface area contributed by atoms with Crippen molar-refractivity contribution in [3.8, 4) is 11.3 Å². The van der Waals surface area contributed by atoms with Crippen LogP contribution in [-0.2, 0) is 16.2 Å². The second kappa shape index (κ2) is 8.49. The zero-order valence-electron chi connectivity index (χ0n) is 17.6. The predicted molar refractivity (Wildman–Crippen MR) is 119 cm³/mol. The molecule has 1 aliphatic rings. The standard InChI is InChI=1S/C22H22F3N3O2S2/c1-15-5-3-6-16(2)20(15)19-14-31-21(26-19)27-9-11-28(12-10-27)32(29,30)18-8-4-7-17(13-18)22(23,24)25/h3-8,13-14H,9-12H2,1-2H3. The molecule has 0 aliphatic carbocycles. The van der Waals surface area contributed by atoms with Gasteiger partial charge in [0, 0.05) is 37.1 Å². The van der Waals surface area contributed by atoms with Gasteiger partial charge in [-0.2, -0.15) is 17.5 Å². The van der Waals surface area contributed by atoms with E-state index in [1.807, 2.05) is 42.3 Å². The van der Waals surface area contributed by atoms with E-state index >= 15 is 0 Å². The Balaban J connectivity index is 1.49. The van der Waals surface area contributed by atoms with Crippen molar-refractivity contribution in [2.45, 2.75) is 24.9 Å². The maximum atomic E-state index is 13.0. The molecule has 10 heteroatoms. The van der Waals surface area contributed by atoms with Gasteiger partial charge in [0.2, 0.25) is 10.0 Å². The van der Waals surface area contributed by atoms with E-state index < -0.39 is 21.8 Å². The number of sulfonamides is 1. The highest BCUT2D eigenvalue weighted by molar-refractivity contribution is 7.89. The Kier molecular flexibility index (Phi) is 6.04. The molecule has 170 valence electrons. The Morgan fingerprint density at radius 1 is 0.969 bits per heavy atom. The van der Waals surface area contributed by atoms with Crippen LogP contribution >= 0.6 is 11.3 Å². The van der Waals surface area contributed by atoms with Gasteiger partial charge in [-0.25, -0.2) is 13.4 Å². The van der Waals surface area contributed by atoms with E-state index in [2.05, 4.69) is 0 Å². The van der Waals surface area contributed by atoms with Gasteiger partial charge < -0.3 is 4.90 Å². The van der Waals surface area contributed by atoms with Gasteiger partial charge in [0.1, 0.15) is 0 Å². The number of aromatic nitrogens is 1. The van der Waals surface area contributed by atoms with Crippen molar-refractivity contribution >= 4 is 26.5 Å². The summed E-state index contributed by atoms with van der Waals surface area (Å²) in [6, 6.07) is 9.97. The van der Waals surface area contributed by atoms with Crippen LogP contribution in [0.25, 0.3) is 11.3 Å². The molecule has 1 aliphatic heterocycles. The zero-order valence-corrected chi connectivity index (χ0v) is 19.2. The number of nitrogens with zero attached hydrogens (tertiary/aromatic N) is 3. The Morgan fingerprint density at radius 2 is 1.59 bits per heavy atom. The maximum Gasteiger partial charge on any atom is 0.416 e. The molecule has 0 N–H and O–H groups in total. The van der Waals surface area contributed by atoms with Crippen LogP contribution < -0.4 is 4.90 Å². The molecule has 5 nitrogen and oxygen atoms in total. The molecule has 1 fully saturated rings. The molecule has 0 atom stereocenters. The number of benzene rings is 2. The molecule has 3 aromatic rings. The number of thiazole rings is 1. The van der Waals surface area contributed by atoms with Crippen molar-refractivity contribution in [3.63, 3.8) is 0 Å². The lowest BCUT2D eigenvalue weighted by Gasteiger charge is -2.33. The molecule has 1 saturated heterocycles. The number of alkyl halides is 3. The van der Waals surface area contributed by atoms with E-state index in [1.54, 1.807) is 0 Å². The smallest absolute Gasteiger partial charge is 0.345 e. The summed E-state index contributed by atoms with van der Waals surface area (Å²) < 4.78 is 66.0. The van der Waals surface area contributed by atoms with Crippen LogP contribution in [-0.4, -0.2) is 43.9 Å². The van der Waals surface area contributed by atoms with Gasteiger partial charge in [0.15, 0.2) is 5.13 Å². The van der Waals surface area contributed by atoms with Crippen molar-refractivity contribution in [1.29, 1.82) is 0 Å². The number of hydrogen-bond donors (Lipinski definition) is 0. The van der Waals surface area contributed by atoms with Gasteiger partial charge >= 0.3 is 6.18 Å². The number of anilines is 1. The summed E-state index contributed by atoms with van der Waals surface area (Å²) in [5.74, 6) is 0. The fourth-order valence-corrected chi connectivity index (χ4v) is 6.18. The van der Waals surface area contributed by atoms with Crippen LogP contribution in [0.15, 0.2) is 52.7 Å². The first-order valence-electron chi connectivity index (χ1n) is 10.0. The minimum atomic E-state index is -4.60. The molecule has 4 rings (SSSR count). The minimum absolute atomic E-state index is 0.177. The summed E-state index contributed by atoms with van der Waals surface area (Å²) in [4.78, 5) is 6.43. The van der Waals surface area contributed by atoms with Crippen molar-refractivity contribution in [3.05, 3.63) is 64.5 Å². The molecule has 2 heterocycles. The molecule has 0 radical (unpaired) electrons. The number of piperazine rings is 1. The largest absolute Gasteiger partial charge is 0.416 e. The Hall–Kier alpha value is -2.43. The van der Waals surface area contributed by atoms with Gasteiger partial charge in [-0.1, -0.05) is 24.3 Å². The van der Waals surface area contributed by atoms with Gasteiger partial charge in [-0.3, -0.25) is 0 Å². The fraction of sp³-hybridized carbons (Fsp3) is 0.318. The molecule has 0 amide bonds. The number of aryl methyl sites for hydroxylation is 2. The lowest BCUT2D eigenvalue weighted by Crippen LogP contribution is -2.48. The van der Waals surface area contributed by atoms with Crippen LogP contribution in [0.3, 0.4) is 0 Å². The summed E-state index contributed by atoms with van der Waals surface area (Å²) in [6.07, 6.45) is -4.60. The molecule has 2 aromatic carbocycles. The van der Waals surface area contributed by atoms with Crippen molar-refractivity contribution < 1.29 is 21.6 Å². The molecule has 0 spiro atoms. The normalized spacial score (nSPS) is 15.8. The van der Waals surface area contributed by atoms with Crippen LogP contribution in [0.2, 0.25) is 0 Å². The van der Waals surface area contributed by atoms with E-state index in [4.69, 9.17) is 4.98 Å². The number of hydrogen-bond acceptors (Lipinski definition) is 5. The highest BCUT2D eigenvalue weighted by Gasteiger charge is 2.34. The second-order valence-electron chi connectivity index (χ2n) is 7.70. The van der Waals surface area contributed by atoms with Crippen LogP contribution in [0.4, 0.5) is 18.3 Å². The van der Waals surface area contributed by atoms with Crippen molar-refractivity contribution in [2.24, 2.45) is 0 Å². The molecule has 0 unspecified atom stereocenters. The Labute approximate surface area is 189 Å². The van der Waals surface area contributed by atoms with Crippen LogP contribution in [0, 0.1) is 13.8 Å². The van der Waals surface area contributed by atoms with Gasteiger partial charge in [-0.15, -0.1) is 11.3 Å². The summed E-state index contributed by atoms with van der Waals surface area (Å²) in [6.45, 7) is 5.26. The molecule has 1 aromatic heterocycles. The monoisotopic (exact) mass is 481 g/mol. The van der Waals surface area contributed by atoms with Gasteiger partial charge in [0.05, 0.1) is 16.2 Å². The van der Waals surface area contributed by atoms with E-state index in [1.165, 1.54) is 21.7 Å². The third kappa shape index (κ3) is 4.39. The minimum Gasteiger partial charge on any atom is -0.345 e. The van der Waals surface area contributed by atoms with E-state index in [0.29, 0.717) is 19.2 Å². The Bertz CT molecular complexity index is 1210. The molecular weight excluding hydrogens is 459 g/mol. The fourth-order valence-electron chi connectivity index (χ4n) is 3.84. The molecular formula is C22H22F3N3O2S2. The molecule has 0 bridgehead atoms. The summed E-state index contributed by atoms with van der Waals surface area (Å²) >= 11 is 1.50. The maximum absolute atomic E-state index is 13.0. The lowest BCUT2D eigenvalue weighted by atomic mass is 10.0. The highest BCUT2D eigenvalue weighted by atomic mass is 32.2. The molecule has 32 heavy (non-hydrogen) atoms. The highest BCUT2D eigenvalue weighted by Crippen LogP contribution is 2.33. The third-order valence-corrected chi connectivity index (χ3v) is 8.33. The first kappa shape index (κ1) is 22.8. The van der Waals surface area contributed by atoms with Crippen LogP contribution in [0.5, 0.6) is 0 Å².